The van der Waals surface area contributed by atoms with Crippen LogP contribution in [0.5, 0.6) is 0 Å². The van der Waals surface area contributed by atoms with E-state index >= 15 is 0 Å². The monoisotopic (exact) mass is 410 g/mol. The van der Waals surface area contributed by atoms with E-state index in [9.17, 15) is 9.59 Å². The van der Waals surface area contributed by atoms with Crippen molar-refractivity contribution < 1.29 is 4.79 Å². The second kappa shape index (κ2) is 10.1. The van der Waals surface area contributed by atoms with Gasteiger partial charge in [-0.05, 0) is 44.2 Å². The highest BCUT2D eigenvalue weighted by atomic mass is 16.2. The molecular weight excluding hydrogens is 380 g/mol. The summed E-state index contributed by atoms with van der Waals surface area (Å²) in [5.41, 5.74) is 2.40. The van der Waals surface area contributed by atoms with Gasteiger partial charge in [0.05, 0.1) is 0 Å². The highest BCUT2D eigenvalue weighted by Crippen LogP contribution is 2.26. The predicted molar refractivity (Wildman–Crippen MR) is 121 cm³/mol. The van der Waals surface area contributed by atoms with Crippen molar-refractivity contribution in [3.05, 3.63) is 53.1 Å². The first-order chi connectivity index (χ1) is 14.6. The molecule has 160 valence electrons. The van der Waals surface area contributed by atoms with Crippen LogP contribution in [-0.4, -0.2) is 67.1 Å². The molecule has 1 saturated heterocycles. The number of hydrogen-bond donors (Lipinski definition) is 3. The average Bonchev–Trinajstić information content (AvgIpc) is 3.25. The number of H-pyrrole nitrogens is 1. The van der Waals surface area contributed by atoms with E-state index in [4.69, 9.17) is 0 Å². The summed E-state index contributed by atoms with van der Waals surface area (Å²) in [5, 5.41) is 6.03. The Bertz CT molecular complexity index is 955. The summed E-state index contributed by atoms with van der Waals surface area (Å²) in [6.45, 7) is 4.69. The van der Waals surface area contributed by atoms with Crippen LogP contribution in [0.25, 0.3) is 11.1 Å². The molecule has 1 atom stereocenters. The molecule has 0 aromatic carbocycles. The normalized spacial score (nSPS) is 16.2. The van der Waals surface area contributed by atoms with E-state index in [0.717, 1.165) is 23.4 Å². The SMILES string of the molecule is CCN(c1cc(-c2ccnc(NC)c2)c[nH]c1=O)[C@H]1CCN(C(=O)/C=C/CNC)C1. The number of rotatable bonds is 8. The lowest BCUT2D eigenvalue weighted by molar-refractivity contribution is -0.125. The first kappa shape index (κ1) is 21.6. The van der Waals surface area contributed by atoms with Gasteiger partial charge in [-0.15, -0.1) is 0 Å². The Morgan fingerprint density at radius 2 is 2.20 bits per heavy atom. The Morgan fingerprint density at radius 1 is 1.37 bits per heavy atom. The second-order valence-corrected chi connectivity index (χ2v) is 7.26. The van der Waals surface area contributed by atoms with Crippen molar-refractivity contribution in [2.24, 2.45) is 0 Å². The van der Waals surface area contributed by atoms with Crippen molar-refractivity contribution in [3.63, 3.8) is 0 Å². The number of aromatic nitrogens is 2. The van der Waals surface area contributed by atoms with Crippen molar-refractivity contribution in [2.45, 2.75) is 19.4 Å². The highest BCUT2D eigenvalue weighted by Gasteiger charge is 2.30. The number of nitrogens with zero attached hydrogens (tertiary/aromatic N) is 3. The molecule has 3 heterocycles. The summed E-state index contributed by atoms with van der Waals surface area (Å²) in [5.74, 6) is 0.784. The molecule has 1 amide bonds. The molecular formula is C22H30N6O2. The molecule has 30 heavy (non-hydrogen) atoms. The van der Waals surface area contributed by atoms with Gasteiger partial charge in [0.1, 0.15) is 11.5 Å². The minimum Gasteiger partial charge on any atom is -0.373 e. The Balaban J connectivity index is 1.81. The van der Waals surface area contributed by atoms with E-state index in [1.165, 1.54) is 0 Å². The molecule has 8 heteroatoms. The minimum atomic E-state index is -0.123. The van der Waals surface area contributed by atoms with Crippen molar-refractivity contribution in [3.8, 4) is 11.1 Å². The number of aromatic amines is 1. The number of amides is 1. The van der Waals surface area contributed by atoms with Crippen LogP contribution in [0.2, 0.25) is 0 Å². The van der Waals surface area contributed by atoms with E-state index in [-0.39, 0.29) is 17.5 Å². The first-order valence-electron chi connectivity index (χ1n) is 10.3. The zero-order valence-corrected chi connectivity index (χ0v) is 17.8. The average molecular weight is 411 g/mol. The van der Waals surface area contributed by atoms with Gasteiger partial charge in [-0.25, -0.2) is 4.98 Å². The fraction of sp³-hybridized carbons (Fsp3) is 0.409. The van der Waals surface area contributed by atoms with Gasteiger partial charge in [0, 0.05) is 63.3 Å². The molecule has 1 aliphatic heterocycles. The summed E-state index contributed by atoms with van der Waals surface area (Å²) in [7, 11) is 3.67. The summed E-state index contributed by atoms with van der Waals surface area (Å²) < 4.78 is 0. The summed E-state index contributed by atoms with van der Waals surface area (Å²) >= 11 is 0. The zero-order chi connectivity index (χ0) is 21.5. The third-order valence-electron chi connectivity index (χ3n) is 5.38. The Hall–Kier alpha value is -3.13. The first-order valence-corrected chi connectivity index (χ1v) is 10.3. The zero-order valence-electron chi connectivity index (χ0n) is 17.8. The lowest BCUT2D eigenvalue weighted by Gasteiger charge is -2.29. The third-order valence-corrected chi connectivity index (χ3v) is 5.38. The Labute approximate surface area is 177 Å². The molecule has 2 aromatic heterocycles. The molecule has 0 aliphatic carbocycles. The molecule has 1 fully saturated rings. The molecule has 1 aliphatic rings. The number of carbonyl (C=O) groups excluding carboxylic acids is 1. The maximum Gasteiger partial charge on any atom is 0.271 e. The number of likely N-dealkylation sites (N-methyl/N-ethyl adjacent to an activating group) is 2. The number of nitrogens with one attached hydrogen (secondary N) is 3. The van der Waals surface area contributed by atoms with Crippen molar-refractivity contribution in [2.75, 3.05) is 50.5 Å². The van der Waals surface area contributed by atoms with Crippen molar-refractivity contribution in [1.82, 2.24) is 20.2 Å². The molecule has 2 aromatic rings. The van der Waals surface area contributed by atoms with Gasteiger partial charge in [-0.3, -0.25) is 9.59 Å². The molecule has 0 saturated carbocycles. The van der Waals surface area contributed by atoms with Crippen LogP contribution in [0.15, 0.2) is 47.5 Å². The summed E-state index contributed by atoms with van der Waals surface area (Å²) in [6, 6.07) is 5.90. The van der Waals surface area contributed by atoms with Crippen LogP contribution in [0, 0.1) is 0 Å². The van der Waals surface area contributed by atoms with E-state index < -0.39 is 0 Å². The lowest BCUT2D eigenvalue weighted by atomic mass is 10.1. The largest absolute Gasteiger partial charge is 0.373 e. The van der Waals surface area contributed by atoms with Gasteiger partial charge < -0.3 is 25.4 Å². The molecule has 3 rings (SSSR count). The van der Waals surface area contributed by atoms with Crippen molar-refractivity contribution in [1.29, 1.82) is 0 Å². The van der Waals surface area contributed by atoms with Crippen LogP contribution in [-0.2, 0) is 4.79 Å². The topological polar surface area (TPSA) is 93.4 Å². The van der Waals surface area contributed by atoms with Crippen LogP contribution in [0.1, 0.15) is 13.3 Å². The number of anilines is 2. The molecule has 0 unspecified atom stereocenters. The maximum absolute atomic E-state index is 12.7. The highest BCUT2D eigenvalue weighted by molar-refractivity contribution is 5.88. The number of hydrogen-bond acceptors (Lipinski definition) is 6. The molecule has 0 spiro atoms. The standard InChI is InChI=1S/C22H30N6O2/c1-4-28(18-8-11-27(15-18)21(29)6-5-9-23-2)19-12-17(14-26-22(19)30)16-7-10-25-20(13-16)24-3/h5-7,10,12-14,18,23H,4,8-9,11,15H2,1-3H3,(H,24,25)(H,26,30)/b6-5+/t18-/m0/s1. The Morgan fingerprint density at radius 3 is 2.93 bits per heavy atom. The van der Waals surface area contributed by atoms with Gasteiger partial charge in [0.15, 0.2) is 0 Å². The quantitative estimate of drug-likeness (QED) is 0.574. The maximum atomic E-state index is 12.7. The van der Waals surface area contributed by atoms with Gasteiger partial charge in [-0.2, -0.15) is 0 Å². The van der Waals surface area contributed by atoms with Crippen LogP contribution < -0.4 is 21.1 Å². The fourth-order valence-electron chi connectivity index (χ4n) is 3.80. The van der Waals surface area contributed by atoms with E-state index in [0.29, 0.717) is 31.9 Å². The van der Waals surface area contributed by atoms with E-state index in [2.05, 4.69) is 25.5 Å². The van der Waals surface area contributed by atoms with Gasteiger partial charge in [0.25, 0.3) is 5.56 Å². The minimum absolute atomic E-state index is 0.0165. The van der Waals surface area contributed by atoms with Crippen molar-refractivity contribution >= 4 is 17.4 Å². The molecule has 3 N–H and O–H groups in total. The smallest absolute Gasteiger partial charge is 0.271 e. The van der Waals surface area contributed by atoms with Gasteiger partial charge in [-0.1, -0.05) is 6.08 Å². The molecule has 8 nitrogen and oxygen atoms in total. The fourth-order valence-corrected chi connectivity index (χ4v) is 3.80. The number of carbonyl (C=O) groups is 1. The summed E-state index contributed by atoms with van der Waals surface area (Å²) in [4.78, 5) is 36.1. The lowest BCUT2D eigenvalue weighted by Crippen LogP contribution is -2.41. The molecule has 0 bridgehead atoms. The van der Waals surface area contributed by atoms with Crippen LogP contribution in [0.4, 0.5) is 11.5 Å². The predicted octanol–water partition coefficient (Wildman–Crippen LogP) is 1.68. The van der Waals surface area contributed by atoms with E-state index in [1.807, 2.05) is 50.2 Å². The van der Waals surface area contributed by atoms with Crippen LogP contribution in [0.3, 0.4) is 0 Å². The van der Waals surface area contributed by atoms with Crippen LogP contribution >= 0.6 is 0 Å². The van der Waals surface area contributed by atoms with Gasteiger partial charge in [0.2, 0.25) is 5.91 Å². The Kier molecular flexibility index (Phi) is 7.24. The number of pyridine rings is 2. The second-order valence-electron chi connectivity index (χ2n) is 7.26. The molecule has 0 radical (unpaired) electrons. The third kappa shape index (κ3) is 4.88. The van der Waals surface area contributed by atoms with E-state index in [1.54, 1.807) is 18.5 Å². The van der Waals surface area contributed by atoms with Gasteiger partial charge >= 0.3 is 0 Å². The number of likely N-dealkylation sites (tertiary alicyclic amines) is 1. The summed E-state index contributed by atoms with van der Waals surface area (Å²) in [6.07, 6.45) is 7.75.